The SMILES string of the molecule is CC#Cc1ccc(C2=CN=C3C(Cc4cccc(C)c4)=CC(C)CC23)cc1. The highest BCUT2D eigenvalue weighted by atomic mass is 14.8. The number of rotatable bonds is 3. The van der Waals surface area contributed by atoms with Crippen molar-refractivity contribution in [3.05, 3.63) is 88.6 Å². The van der Waals surface area contributed by atoms with Gasteiger partial charge in [-0.15, -0.1) is 5.92 Å². The van der Waals surface area contributed by atoms with E-state index < -0.39 is 0 Å². The van der Waals surface area contributed by atoms with Gasteiger partial charge >= 0.3 is 0 Å². The summed E-state index contributed by atoms with van der Waals surface area (Å²) in [4.78, 5) is 4.87. The van der Waals surface area contributed by atoms with Gasteiger partial charge in [-0.3, -0.25) is 4.99 Å². The fourth-order valence-corrected chi connectivity index (χ4v) is 4.24. The second kappa shape index (κ2) is 7.41. The maximum Gasteiger partial charge on any atom is 0.0511 e. The van der Waals surface area contributed by atoms with Crippen molar-refractivity contribution in [2.45, 2.75) is 33.6 Å². The lowest BCUT2D eigenvalue weighted by molar-refractivity contribution is 0.594. The third kappa shape index (κ3) is 3.67. The van der Waals surface area contributed by atoms with Crippen LogP contribution in [0.4, 0.5) is 0 Å². The van der Waals surface area contributed by atoms with E-state index in [1.807, 2.05) is 6.92 Å². The molecule has 2 aromatic rings. The van der Waals surface area contributed by atoms with Crippen LogP contribution in [0.25, 0.3) is 5.57 Å². The molecular formula is C26H25N. The van der Waals surface area contributed by atoms with Crippen molar-refractivity contribution < 1.29 is 0 Å². The summed E-state index contributed by atoms with van der Waals surface area (Å²) in [5.41, 5.74) is 9.03. The average molecular weight is 351 g/mol. The number of hydrogen-bond donors (Lipinski definition) is 0. The van der Waals surface area contributed by atoms with Gasteiger partial charge in [0.15, 0.2) is 0 Å². The first-order valence-electron chi connectivity index (χ1n) is 9.71. The van der Waals surface area contributed by atoms with Crippen LogP contribution in [-0.2, 0) is 6.42 Å². The predicted molar refractivity (Wildman–Crippen MR) is 115 cm³/mol. The Kier molecular flexibility index (Phi) is 4.82. The van der Waals surface area contributed by atoms with Gasteiger partial charge in [-0.2, -0.15) is 0 Å². The van der Waals surface area contributed by atoms with E-state index in [1.54, 1.807) is 0 Å². The van der Waals surface area contributed by atoms with Crippen LogP contribution in [-0.4, -0.2) is 5.71 Å². The van der Waals surface area contributed by atoms with Gasteiger partial charge < -0.3 is 0 Å². The molecule has 0 aromatic heterocycles. The van der Waals surface area contributed by atoms with E-state index in [1.165, 1.54) is 33.5 Å². The molecule has 1 aliphatic heterocycles. The molecule has 4 rings (SSSR count). The third-order valence-corrected chi connectivity index (χ3v) is 5.44. The van der Waals surface area contributed by atoms with Gasteiger partial charge in [-0.25, -0.2) is 0 Å². The van der Waals surface area contributed by atoms with Crippen LogP contribution in [0, 0.1) is 30.6 Å². The molecule has 1 heterocycles. The Hall–Kier alpha value is -2.85. The van der Waals surface area contributed by atoms with E-state index in [0.29, 0.717) is 11.8 Å². The first-order valence-corrected chi connectivity index (χ1v) is 9.71. The van der Waals surface area contributed by atoms with Gasteiger partial charge in [0.05, 0.1) is 5.71 Å². The molecule has 134 valence electrons. The molecule has 1 heteroatoms. The number of allylic oxidation sites excluding steroid dienone is 3. The van der Waals surface area contributed by atoms with E-state index in [9.17, 15) is 0 Å². The van der Waals surface area contributed by atoms with E-state index in [2.05, 4.69) is 86.5 Å². The fraction of sp³-hybridized carbons (Fsp3) is 0.269. The van der Waals surface area contributed by atoms with Crippen LogP contribution in [0.15, 0.2) is 71.4 Å². The van der Waals surface area contributed by atoms with Crippen LogP contribution in [0.2, 0.25) is 0 Å². The van der Waals surface area contributed by atoms with Crippen molar-refractivity contribution in [1.29, 1.82) is 0 Å². The summed E-state index contributed by atoms with van der Waals surface area (Å²) in [5, 5.41) is 0. The third-order valence-electron chi connectivity index (χ3n) is 5.44. The minimum Gasteiger partial charge on any atom is -0.260 e. The highest BCUT2D eigenvalue weighted by Gasteiger charge is 2.32. The zero-order valence-corrected chi connectivity index (χ0v) is 16.3. The molecule has 0 radical (unpaired) electrons. The molecule has 2 aromatic carbocycles. The maximum atomic E-state index is 4.87. The topological polar surface area (TPSA) is 12.4 Å². The molecule has 1 aliphatic carbocycles. The number of benzene rings is 2. The van der Waals surface area contributed by atoms with Crippen LogP contribution in [0.3, 0.4) is 0 Å². The first kappa shape index (κ1) is 17.6. The van der Waals surface area contributed by atoms with Crippen molar-refractivity contribution in [3.63, 3.8) is 0 Å². The minimum atomic E-state index is 0.410. The minimum absolute atomic E-state index is 0.410. The maximum absolute atomic E-state index is 4.87. The molecule has 1 nitrogen and oxygen atoms in total. The molecule has 0 saturated heterocycles. The lowest BCUT2D eigenvalue weighted by atomic mass is 9.76. The Labute approximate surface area is 162 Å². The summed E-state index contributed by atoms with van der Waals surface area (Å²) in [6.07, 6.45) is 6.61. The lowest BCUT2D eigenvalue weighted by Crippen LogP contribution is -2.24. The van der Waals surface area contributed by atoms with Crippen molar-refractivity contribution in [2.75, 3.05) is 0 Å². The molecular weight excluding hydrogens is 326 g/mol. The molecule has 0 fully saturated rings. The molecule has 0 bridgehead atoms. The summed E-state index contributed by atoms with van der Waals surface area (Å²) in [5.74, 6) is 7.06. The Morgan fingerprint density at radius 3 is 2.67 bits per heavy atom. The highest BCUT2D eigenvalue weighted by molar-refractivity contribution is 6.12. The van der Waals surface area contributed by atoms with E-state index in [-0.39, 0.29) is 0 Å². The standard InChI is InChI=1S/C26H25N/c1-4-6-20-9-11-22(12-10-20)25-17-27-26-23(14-19(3)15-24(25)26)16-21-8-5-7-18(2)13-21/h5,7-14,17,19,24H,15-16H2,1-3H3. The van der Waals surface area contributed by atoms with Crippen molar-refractivity contribution in [1.82, 2.24) is 0 Å². The predicted octanol–water partition coefficient (Wildman–Crippen LogP) is 5.99. The number of hydrogen-bond acceptors (Lipinski definition) is 1. The monoisotopic (exact) mass is 351 g/mol. The first-order chi connectivity index (χ1) is 13.1. The van der Waals surface area contributed by atoms with Gasteiger partial charge in [0.1, 0.15) is 0 Å². The molecule has 0 spiro atoms. The number of aliphatic imine (C=N–C) groups is 1. The average Bonchev–Trinajstić information content (AvgIpc) is 3.06. The van der Waals surface area contributed by atoms with Crippen molar-refractivity contribution >= 4 is 11.3 Å². The zero-order valence-electron chi connectivity index (χ0n) is 16.3. The zero-order chi connectivity index (χ0) is 18.8. The van der Waals surface area contributed by atoms with Gasteiger partial charge in [-0.05, 0) is 67.0 Å². The summed E-state index contributed by atoms with van der Waals surface area (Å²) >= 11 is 0. The van der Waals surface area contributed by atoms with Crippen molar-refractivity contribution in [2.24, 2.45) is 16.8 Å². The van der Waals surface area contributed by atoms with E-state index in [0.717, 1.165) is 18.4 Å². The van der Waals surface area contributed by atoms with Crippen LogP contribution < -0.4 is 0 Å². The molecule has 2 atom stereocenters. The molecule has 27 heavy (non-hydrogen) atoms. The van der Waals surface area contributed by atoms with Crippen LogP contribution in [0.1, 0.15) is 42.5 Å². The number of nitrogens with zero attached hydrogens (tertiary/aromatic N) is 1. The lowest BCUT2D eigenvalue weighted by Gasteiger charge is -2.27. The Morgan fingerprint density at radius 2 is 1.93 bits per heavy atom. The quantitative estimate of drug-likeness (QED) is 0.603. The normalized spacial score (nSPS) is 20.8. The highest BCUT2D eigenvalue weighted by Crippen LogP contribution is 2.40. The van der Waals surface area contributed by atoms with Gasteiger partial charge in [0.2, 0.25) is 0 Å². The second-order valence-electron chi connectivity index (χ2n) is 7.67. The van der Waals surface area contributed by atoms with Crippen LogP contribution in [0.5, 0.6) is 0 Å². The molecule has 0 amide bonds. The molecule has 2 unspecified atom stereocenters. The fourth-order valence-electron chi connectivity index (χ4n) is 4.24. The van der Waals surface area contributed by atoms with Crippen molar-refractivity contribution in [3.8, 4) is 11.8 Å². The van der Waals surface area contributed by atoms with Gasteiger partial charge in [0.25, 0.3) is 0 Å². The largest absolute Gasteiger partial charge is 0.260 e. The van der Waals surface area contributed by atoms with Gasteiger partial charge in [0, 0.05) is 17.7 Å². The molecule has 2 aliphatic rings. The summed E-state index contributed by atoms with van der Waals surface area (Å²) in [7, 11) is 0. The molecule has 0 saturated carbocycles. The summed E-state index contributed by atoms with van der Waals surface area (Å²) < 4.78 is 0. The Morgan fingerprint density at radius 1 is 1.11 bits per heavy atom. The number of fused-ring (bicyclic) bond motifs is 1. The van der Waals surface area contributed by atoms with E-state index >= 15 is 0 Å². The molecule has 0 N–H and O–H groups in total. The Bertz CT molecular complexity index is 1010. The number of aryl methyl sites for hydroxylation is 1. The smallest absolute Gasteiger partial charge is 0.0511 e. The summed E-state index contributed by atoms with van der Waals surface area (Å²) in [6.45, 7) is 6.35. The van der Waals surface area contributed by atoms with Gasteiger partial charge in [-0.1, -0.05) is 60.9 Å². The Balaban J connectivity index is 1.58. The van der Waals surface area contributed by atoms with Crippen LogP contribution >= 0.6 is 0 Å². The van der Waals surface area contributed by atoms with E-state index in [4.69, 9.17) is 4.99 Å². The second-order valence-corrected chi connectivity index (χ2v) is 7.67. The summed E-state index contributed by atoms with van der Waals surface area (Å²) in [6, 6.07) is 17.4.